The van der Waals surface area contributed by atoms with E-state index >= 15 is 0 Å². The van der Waals surface area contributed by atoms with Gasteiger partial charge < -0.3 is 14.7 Å². The van der Waals surface area contributed by atoms with Crippen molar-refractivity contribution in [2.45, 2.75) is 13.0 Å². The standard InChI is InChI=1S/C11H14N2O3/c1-13-4-3-9-7(6-13)5-8(11(14)15)10(12-9)16-2/h5H,3-4,6H2,1-2H3,(H,14,15). The molecule has 0 bridgehead atoms. The SMILES string of the molecule is COc1nc2c(cc1C(=O)O)CN(C)CC2. The molecule has 5 nitrogen and oxygen atoms in total. The van der Waals surface area contributed by atoms with Crippen molar-refractivity contribution in [3.8, 4) is 5.88 Å². The van der Waals surface area contributed by atoms with E-state index in [4.69, 9.17) is 9.84 Å². The number of ether oxygens (including phenoxy) is 1. The lowest BCUT2D eigenvalue weighted by molar-refractivity contribution is 0.0692. The first-order valence-corrected chi connectivity index (χ1v) is 5.10. The second kappa shape index (κ2) is 4.09. The minimum atomic E-state index is -1.000. The molecule has 1 aromatic heterocycles. The Bertz CT molecular complexity index is 431. The third-order valence-corrected chi connectivity index (χ3v) is 2.75. The molecule has 0 fully saturated rings. The van der Waals surface area contributed by atoms with Crippen molar-refractivity contribution in [1.82, 2.24) is 9.88 Å². The van der Waals surface area contributed by atoms with E-state index in [-0.39, 0.29) is 11.4 Å². The highest BCUT2D eigenvalue weighted by Crippen LogP contribution is 2.23. The normalized spacial score (nSPS) is 15.6. The molecule has 1 aliphatic rings. The lowest BCUT2D eigenvalue weighted by Crippen LogP contribution is -2.27. The first kappa shape index (κ1) is 10.9. The van der Waals surface area contributed by atoms with Gasteiger partial charge in [0.05, 0.1) is 12.8 Å². The van der Waals surface area contributed by atoms with E-state index in [1.807, 2.05) is 7.05 Å². The van der Waals surface area contributed by atoms with Crippen LogP contribution in [0.2, 0.25) is 0 Å². The Kier molecular flexibility index (Phi) is 2.78. The predicted octanol–water partition coefficient (Wildman–Crippen LogP) is 0.776. The van der Waals surface area contributed by atoms with Crippen LogP contribution in [-0.4, -0.2) is 41.7 Å². The van der Waals surface area contributed by atoms with Crippen molar-refractivity contribution in [3.63, 3.8) is 0 Å². The van der Waals surface area contributed by atoms with E-state index in [0.29, 0.717) is 0 Å². The van der Waals surface area contributed by atoms with Crippen molar-refractivity contribution >= 4 is 5.97 Å². The molecule has 1 N–H and O–H groups in total. The molecular weight excluding hydrogens is 208 g/mol. The van der Waals surface area contributed by atoms with Crippen LogP contribution in [0.1, 0.15) is 21.6 Å². The molecule has 0 aliphatic carbocycles. The molecular formula is C11H14N2O3. The van der Waals surface area contributed by atoms with Crippen molar-refractivity contribution in [3.05, 3.63) is 22.9 Å². The minimum absolute atomic E-state index is 0.136. The summed E-state index contributed by atoms with van der Waals surface area (Å²) in [4.78, 5) is 17.4. The zero-order valence-electron chi connectivity index (χ0n) is 9.36. The smallest absolute Gasteiger partial charge is 0.341 e. The van der Waals surface area contributed by atoms with Crippen LogP contribution in [0.25, 0.3) is 0 Å². The van der Waals surface area contributed by atoms with Crippen LogP contribution in [0.15, 0.2) is 6.07 Å². The van der Waals surface area contributed by atoms with E-state index in [1.54, 1.807) is 6.07 Å². The van der Waals surface area contributed by atoms with Gasteiger partial charge >= 0.3 is 5.97 Å². The number of aromatic carboxylic acids is 1. The highest BCUT2D eigenvalue weighted by molar-refractivity contribution is 5.90. The lowest BCUT2D eigenvalue weighted by Gasteiger charge is -2.24. The molecule has 2 rings (SSSR count). The number of rotatable bonds is 2. The van der Waals surface area contributed by atoms with Gasteiger partial charge in [-0.05, 0) is 18.7 Å². The fourth-order valence-electron chi connectivity index (χ4n) is 1.90. The van der Waals surface area contributed by atoms with Gasteiger partial charge in [-0.3, -0.25) is 0 Å². The molecule has 0 saturated carbocycles. The molecule has 1 aliphatic heterocycles. The maximum Gasteiger partial charge on any atom is 0.341 e. The number of likely N-dealkylation sites (N-methyl/N-ethyl adjacent to an activating group) is 1. The van der Waals surface area contributed by atoms with Gasteiger partial charge in [0.2, 0.25) is 5.88 Å². The summed E-state index contributed by atoms with van der Waals surface area (Å²) in [6.45, 7) is 1.68. The van der Waals surface area contributed by atoms with Crippen LogP contribution < -0.4 is 4.74 Å². The van der Waals surface area contributed by atoms with E-state index < -0.39 is 5.97 Å². The molecule has 0 radical (unpaired) electrons. The van der Waals surface area contributed by atoms with Crippen LogP contribution in [0.4, 0.5) is 0 Å². The number of hydrogen-bond donors (Lipinski definition) is 1. The summed E-state index contributed by atoms with van der Waals surface area (Å²) >= 11 is 0. The van der Waals surface area contributed by atoms with Crippen LogP contribution in [-0.2, 0) is 13.0 Å². The van der Waals surface area contributed by atoms with Crippen molar-refractivity contribution in [2.24, 2.45) is 0 Å². The molecule has 86 valence electrons. The summed E-state index contributed by atoms with van der Waals surface area (Å²) in [5, 5.41) is 9.03. The largest absolute Gasteiger partial charge is 0.480 e. The molecule has 0 saturated heterocycles. The zero-order valence-corrected chi connectivity index (χ0v) is 9.36. The van der Waals surface area contributed by atoms with Crippen LogP contribution in [0.3, 0.4) is 0 Å². The molecule has 0 amide bonds. The van der Waals surface area contributed by atoms with Gasteiger partial charge in [0.15, 0.2) is 0 Å². The van der Waals surface area contributed by atoms with E-state index in [0.717, 1.165) is 30.8 Å². The molecule has 16 heavy (non-hydrogen) atoms. The zero-order chi connectivity index (χ0) is 11.7. The monoisotopic (exact) mass is 222 g/mol. The van der Waals surface area contributed by atoms with Gasteiger partial charge in [-0.2, -0.15) is 0 Å². The van der Waals surface area contributed by atoms with Crippen molar-refractivity contribution < 1.29 is 14.6 Å². The van der Waals surface area contributed by atoms with Crippen LogP contribution in [0, 0.1) is 0 Å². The number of carbonyl (C=O) groups is 1. The number of fused-ring (bicyclic) bond motifs is 1. The molecule has 0 aromatic carbocycles. The number of carboxylic acid groups (broad SMARTS) is 1. The van der Waals surface area contributed by atoms with Gasteiger partial charge in [-0.1, -0.05) is 0 Å². The summed E-state index contributed by atoms with van der Waals surface area (Å²) in [5.74, 6) is -0.795. The Morgan fingerprint density at radius 2 is 2.38 bits per heavy atom. The summed E-state index contributed by atoms with van der Waals surface area (Å²) in [6.07, 6.45) is 0.835. The number of nitrogens with zero attached hydrogens (tertiary/aromatic N) is 2. The number of carboxylic acids is 1. The first-order valence-electron chi connectivity index (χ1n) is 5.10. The third kappa shape index (κ3) is 1.86. The Hall–Kier alpha value is -1.62. The topological polar surface area (TPSA) is 62.7 Å². The van der Waals surface area contributed by atoms with E-state index in [9.17, 15) is 4.79 Å². The molecule has 0 spiro atoms. The maximum atomic E-state index is 11.0. The van der Waals surface area contributed by atoms with Gasteiger partial charge in [0.1, 0.15) is 5.56 Å². The van der Waals surface area contributed by atoms with Gasteiger partial charge in [-0.15, -0.1) is 0 Å². The Morgan fingerprint density at radius 3 is 3.00 bits per heavy atom. The lowest BCUT2D eigenvalue weighted by atomic mass is 10.0. The number of hydrogen-bond acceptors (Lipinski definition) is 4. The summed E-state index contributed by atoms with van der Waals surface area (Å²) in [6, 6.07) is 1.67. The Morgan fingerprint density at radius 1 is 1.62 bits per heavy atom. The first-order chi connectivity index (χ1) is 7.61. The predicted molar refractivity (Wildman–Crippen MR) is 57.8 cm³/mol. The highest BCUT2D eigenvalue weighted by atomic mass is 16.5. The van der Waals surface area contributed by atoms with E-state index in [1.165, 1.54) is 7.11 Å². The second-order valence-electron chi connectivity index (χ2n) is 3.94. The van der Waals surface area contributed by atoms with E-state index in [2.05, 4.69) is 9.88 Å². The number of pyridine rings is 1. The molecule has 0 unspecified atom stereocenters. The summed E-state index contributed by atoms with van der Waals surface area (Å²) in [7, 11) is 3.45. The average molecular weight is 222 g/mol. The number of methoxy groups -OCH3 is 1. The fourth-order valence-corrected chi connectivity index (χ4v) is 1.90. The average Bonchev–Trinajstić information content (AvgIpc) is 2.27. The number of aromatic nitrogens is 1. The molecule has 2 heterocycles. The van der Waals surface area contributed by atoms with Crippen LogP contribution >= 0.6 is 0 Å². The van der Waals surface area contributed by atoms with Gasteiger partial charge in [0, 0.05) is 19.5 Å². The van der Waals surface area contributed by atoms with Crippen LogP contribution in [0.5, 0.6) is 5.88 Å². The Labute approximate surface area is 93.7 Å². The maximum absolute atomic E-state index is 11.0. The summed E-state index contributed by atoms with van der Waals surface area (Å²) < 4.78 is 4.99. The quantitative estimate of drug-likeness (QED) is 0.801. The molecule has 0 atom stereocenters. The summed E-state index contributed by atoms with van der Waals surface area (Å²) in [5.41, 5.74) is 2.06. The third-order valence-electron chi connectivity index (χ3n) is 2.75. The second-order valence-corrected chi connectivity index (χ2v) is 3.94. The molecule has 1 aromatic rings. The molecule has 5 heteroatoms. The minimum Gasteiger partial charge on any atom is -0.480 e. The van der Waals surface area contributed by atoms with Crippen molar-refractivity contribution in [1.29, 1.82) is 0 Å². The van der Waals surface area contributed by atoms with Gasteiger partial charge in [0.25, 0.3) is 0 Å². The Balaban J connectivity index is 2.48. The van der Waals surface area contributed by atoms with Crippen molar-refractivity contribution in [2.75, 3.05) is 20.7 Å². The van der Waals surface area contributed by atoms with Gasteiger partial charge in [-0.25, -0.2) is 9.78 Å². The fraction of sp³-hybridized carbons (Fsp3) is 0.455. The highest BCUT2D eigenvalue weighted by Gasteiger charge is 2.20.